The lowest BCUT2D eigenvalue weighted by Gasteiger charge is -2.22. The molecule has 4 aromatic carbocycles. The molecule has 0 aliphatic rings. The van der Waals surface area contributed by atoms with E-state index in [2.05, 4.69) is 15.8 Å². The zero-order chi connectivity index (χ0) is 23.2. The van der Waals surface area contributed by atoms with Gasteiger partial charge < -0.3 is 20.5 Å². The fourth-order valence-corrected chi connectivity index (χ4v) is 3.74. The number of carbonyl (C=O) groups is 1. The molecule has 0 aliphatic carbocycles. The fourth-order valence-electron chi connectivity index (χ4n) is 3.74. The van der Waals surface area contributed by atoms with Crippen molar-refractivity contribution in [3.63, 3.8) is 0 Å². The summed E-state index contributed by atoms with van der Waals surface area (Å²) in [6.07, 6.45) is 0.345. The van der Waals surface area contributed by atoms with Crippen LogP contribution < -0.4 is 15.4 Å². The molecule has 3 N–H and O–H groups in total. The second kappa shape index (κ2) is 9.82. The minimum absolute atomic E-state index is 0.0545. The number of para-hydroxylation sites is 2. The molecule has 0 saturated heterocycles. The van der Waals surface area contributed by atoms with Crippen molar-refractivity contribution in [3.05, 3.63) is 95.4 Å². The number of carbonyl (C=O) groups excluding carboxylic acids is 1. The van der Waals surface area contributed by atoms with Gasteiger partial charge in [0.25, 0.3) is 0 Å². The van der Waals surface area contributed by atoms with Crippen LogP contribution in [0.15, 0.2) is 90.1 Å². The van der Waals surface area contributed by atoms with Crippen LogP contribution in [0.4, 0.5) is 17.1 Å². The molecule has 166 valence electrons. The van der Waals surface area contributed by atoms with E-state index in [1.807, 2.05) is 36.4 Å². The lowest BCUT2D eigenvalue weighted by molar-refractivity contribution is -0.116. The van der Waals surface area contributed by atoms with Crippen molar-refractivity contribution < 1.29 is 14.6 Å². The van der Waals surface area contributed by atoms with Crippen LogP contribution in [-0.2, 0) is 11.2 Å². The molecule has 0 radical (unpaired) electrons. The van der Waals surface area contributed by atoms with Crippen molar-refractivity contribution in [2.75, 3.05) is 17.7 Å². The van der Waals surface area contributed by atoms with Gasteiger partial charge >= 0.3 is 0 Å². The number of benzene rings is 4. The number of hydrogen-bond acceptors (Lipinski definition) is 6. The van der Waals surface area contributed by atoms with Crippen LogP contribution in [0.1, 0.15) is 5.56 Å². The summed E-state index contributed by atoms with van der Waals surface area (Å²) in [4.78, 5) is 24.8. The zero-order valence-electron chi connectivity index (χ0n) is 18.0. The van der Waals surface area contributed by atoms with Crippen LogP contribution in [0.25, 0.3) is 10.8 Å². The highest BCUT2D eigenvalue weighted by atomic mass is 16.5. The zero-order valence-corrected chi connectivity index (χ0v) is 18.0. The van der Waals surface area contributed by atoms with Crippen molar-refractivity contribution in [1.82, 2.24) is 0 Å². The van der Waals surface area contributed by atoms with Crippen LogP contribution in [0.3, 0.4) is 0 Å². The van der Waals surface area contributed by atoms with Gasteiger partial charge in [-0.1, -0.05) is 66.7 Å². The molecule has 0 spiro atoms. The Labute approximate surface area is 191 Å². The number of aromatic hydroxyl groups is 1. The maximum atomic E-state index is 13.3. The first kappa shape index (κ1) is 21.8. The second-order valence-corrected chi connectivity index (χ2v) is 7.50. The van der Waals surface area contributed by atoms with E-state index in [1.54, 1.807) is 42.5 Å². The molecule has 0 aromatic heterocycles. The third-order valence-electron chi connectivity index (χ3n) is 5.39. The summed E-state index contributed by atoms with van der Waals surface area (Å²) in [5.74, 6) is 0.156. The van der Waals surface area contributed by atoms with Crippen LogP contribution in [0.5, 0.6) is 11.5 Å². The molecule has 7 nitrogen and oxygen atoms in total. The fraction of sp³-hybridized carbons (Fsp3) is 0.115. The van der Waals surface area contributed by atoms with E-state index in [-0.39, 0.29) is 23.0 Å². The first-order valence-electron chi connectivity index (χ1n) is 10.4. The number of hydrogen-bond donors (Lipinski definition) is 3. The molecule has 4 rings (SSSR count). The predicted octanol–water partition coefficient (Wildman–Crippen LogP) is 5.61. The maximum Gasteiger partial charge on any atom is 0.247 e. The van der Waals surface area contributed by atoms with Crippen LogP contribution in [-0.4, -0.2) is 24.2 Å². The summed E-state index contributed by atoms with van der Waals surface area (Å²) < 4.78 is 5.34. The number of methoxy groups -OCH3 is 1. The molecule has 1 amide bonds. The number of rotatable bonds is 8. The van der Waals surface area contributed by atoms with Gasteiger partial charge in [-0.2, -0.15) is 0 Å². The van der Waals surface area contributed by atoms with Gasteiger partial charge in [-0.15, -0.1) is 4.91 Å². The number of nitroso groups, excluding NO2 is 1. The Morgan fingerprint density at radius 1 is 0.939 bits per heavy atom. The monoisotopic (exact) mass is 441 g/mol. The molecule has 4 aromatic rings. The molecule has 0 fully saturated rings. The number of phenolic OH excluding ortho intramolecular Hbond substituents is 1. The molecule has 0 aliphatic heterocycles. The Morgan fingerprint density at radius 3 is 2.33 bits per heavy atom. The third-order valence-corrected chi connectivity index (χ3v) is 5.39. The minimum Gasteiger partial charge on any atom is -0.505 e. The Morgan fingerprint density at radius 2 is 1.61 bits per heavy atom. The Kier molecular flexibility index (Phi) is 6.50. The van der Waals surface area contributed by atoms with E-state index in [1.165, 1.54) is 13.2 Å². The second-order valence-electron chi connectivity index (χ2n) is 7.50. The molecule has 1 atom stereocenters. The lowest BCUT2D eigenvalue weighted by Crippen LogP contribution is -2.36. The molecule has 1 unspecified atom stereocenters. The van der Waals surface area contributed by atoms with E-state index in [0.29, 0.717) is 28.6 Å². The van der Waals surface area contributed by atoms with Crippen molar-refractivity contribution in [1.29, 1.82) is 0 Å². The highest BCUT2D eigenvalue weighted by Crippen LogP contribution is 2.39. The summed E-state index contributed by atoms with van der Waals surface area (Å²) in [6, 6.07) is 24.3. The lowest BCUT2D eigenvalue weighted by atomic mass is 10.0. The molecule has 0 bridgehead atoms. The highest BCUT2D eigenvalue weighted by molar-refractivity contribution is 6.03. The number of fused-ring (bicyclic) bond motifs is 1. The van der Waals surface area contributed by atoms with Gasteiger partial charge in [-0.05, 0) is 28.9 Å². The highest BCUT2D eigenvalue weighted by Gasteiger charge is 2.23. The van der Waals surface area contributed by atoms with Gasteiger partial charge in [0.1, 0.15) is 23.2 Å². The quantitative estimate of drug-likeness (QED) is 0.244. The van der Waals surface area contributed by atoms with Crippen molar-refractivity contribution in [2.45, 2.75) is 12.5 Å². The standard InChI is InChI=1S/C26H23N3O4/c1-33-24-14-8-7-13-20(24)28-26(31)23(15-17-9-3-2-4-10-17)27-22-16-21(29-32)18-11-5-6-12-19(18)25(22)30/h2-14,16,23,27,30H,15H2,1H3,(H,28,31). The Hall–Kier alpha value is -4.39. The first-order chi connectivity index (χ1) is 16.1. The minimum atomic E-state index is -0.760. The maximum absolute atomic E-state index is 13.3. The molecule has 33 heavy (non-hydrogen) atoms. The normalized spacial score (nSPS) is 11.5. The predicted molar refractivity (Wildman–Crippen MR) is 130 cm³/mol. The molecule has 0 saturated carbocycles. The summed E-state index contributed by atoms with van der Waals surface area (Å²) in [5.41, 5.74) is 1.89. The van der Waals surface area contributed by atoms with Gasteiger partial charge in [0.15, 0.2) is 0 Å². The SMILES string of the molecule is COc1ccccc1NC(=O)C(Cc1ccccc1)Nc1cc(N=O)c2ccccc2c1O. The van der Waals surface area contributed by atoms with E-state index >= 15 is 0 Å². The summed E-state index contributed by atoms with van der Waals surface area (Å²) in [5, 5.41) is 21.0. The molecule has 0 heterocycles. The van der Waals surface area contributed by atoms with Crippen LogP contribution >= 0.6 is 0 Å². The van der Waals surface area contributed by atoms with Crippen LogP contribution in [0, 0.1) is 4.91 Å². The van der Waals surface area contributed by atoms with E-state index in [0.717, 1.165) is 5.56 Å². The average Bonchev–Trinajstić information content (AvgIpc) is 2.86. The number of nitrogens with zero attached hydrogens (tertiary/aromatic N) is 1. The Balaban J connectivity index is 1.70. The first-order valence-corrected chi connectivity index (χ1v) is 10.4. The van der Waals surface area contributed by atoms with Crippen molar-refractivity contribution >= 4 is 33.7 Å². The van der Waals surface area contributed by atoms with Crippen molar-refractivity contribution in [3.8, 4) is 11.5 Å². The topological polar surface area (TPSA) is 100 Å². The van der Waals surface area contributed by atoms with E-state index in [9.17, 15) is 14.8 Å². The van der Waals surface area contributed by atoms with E-state index < -0.39 is 6.04 Å². The summed E-state index contributed by atoms with van der Waals surface area (Å²) >= 11 is 0. The summed E-state index contributed by atoms with van der Waals surface area (Å²) in [6.45, 7) is 0. The average molecular weight is 441 g/mol. The summed E-state index contributed by atoms with van der Waals surface area (Å²) in [7, 11) is 1.53. The van der Waals surface area contributed by atoms with Gasteiger partial charge in [-0.3, -0.25) is 4.79 Å². The number of ether oxygens (including phenoxy) is 1. The van der Waals surface area contributed by atoms with Crippen molar-refractivity contribution in [2.24, 2.45) is 5.18 Å². The van der Waals surface area contributed by atoms with Crippen LogP contribution in [0.2, 0.25) is 0 Å². The molecular weight excluding hydrogens is 418 g/mol. The number of nitrogens with one attached hydrogen (secondary N) is 2. The number of phenols is 1. The van der Waals surface area contributed by atoms with Gasteiger partial charge in [0.2, 0.25) is 5.91 Å². The van der Waals surface area contributed by atoms with Gasteiger partial charge in [0.05, 0.1) is 18.5 Å². The van der Waals surface area contributed by atoms with Gasteiger partial charge in [0, 0.05) is 17.2 Å². The smallest absolute Gasteiger partial charge is 0.247 e. The Bertz CT molecular complexity index is 1290. The molecule has 7 heteroatoms. The number of amides is 1. The third kappa shape index (κ3) is 4.77. The largest absolute Gasteiger partial charge is 0.505 e. The number of anilines is 2. The molecular formula is C26H23N3O4. The van der Waals surface area contributed by atoms with E-state index in [4.69, 9.17) is 4.74 Å². The van der Waals surface area contributed by atoms with Gasteiger partial charge in [-0.25, -0.2) is 0 Å².